The topological polar surface area (TPSA) is 263 Å². The molecule has 0 atom stereocenters. The lowest BCUT2D eigenvalue weighted by atomic mass is 10.8. The van der Waals surface area contributed by atoms with Crippen molar-refractivity contribution in [2.75, 3.05) is 76.3 Å². The maximum Gasteiger partial charge on any atom is 0.302 e. The van der Waals surface area contributed by atoms with E-state index in [9.17, 15) is 26.4 Å². The van der Waals surface area contributed by atoms with Crippen LogP contribution in [-0.4, -0.2) is 151 Å². The quantitative estimate of drug-likeness (QED) is 0.0684. The van der Waals surface area contributed by atoms with Gasteiger partial charge >= 0.3 is 11.9 Å². The van der Waals surface area contributed by atoms with Crippen LogP contribution in [0.3, 0.4) is 0 Å². The lowest BCUT2D eigenvalue weighted by Gasteiger charge is -2.29. The van der Waals surface area contributed by atoms with Gasteiger partial charge in [-0.3, -0.25) is 19.6 Å². The Morgan fingerprint density at radius 1 is 0.558 bits per heavy atom. The Morgan fingerprint density at radius 3 is 0.769 bits per heavy atom. The molecule has 0 rings (SSSR count). The average molecular weight is 913 g/mol. The number of guanidine groups is 2. The van der Waals surface area contributed by atoms with E-state index in [0.29, 0.717) is 13.1 Å². The zero-order valence-electron chi connectivity index (χ0n) is 34.8. The summed E-state index contributed by atoms with van der Waals surface area (Å²) in [7, 11) is 4.08. The summed E-state index contributed by atoms with van der Waals surface area (Å²) in [4.78, 5) is 25.9. The molecule has 0 fully saturated rings. The normalized spacial score (nSPS) is 8.15. The van der Waals surface area contributed by atoms with Crippen LogP contribution in [0, 0.1) is 0 Å². The highest BCUT2D eigenvalue weighted by Crippen LogP contribution is 2.08. The molecule has 0 spiro atoms. The second-order valence-electron chi connectivity index (χ2n) is 6.87. The summed E-state index contributed by atoms with van der Waals surface area (Å²) in [6.07, 6.45) is 0. The van der Waals surface area contributed by atoms with Crippen molar-refractivity contribution in [1.29, 1.82) is 0 Å². The highest BCUT2D eigenvalue weighted by molar-refractivity contribution is 14.0. The monoisotopic (exact) mass is 913 g/mol. The van der Waals surface area contributed by atoms with Gasteiger partial charge in [0.2, 0.25) is 0 Å². The molecule has 0 aromatic carbocycles. The minimum absolute atomic E-state index is 0. The predicted octanol–water partition coefficient (Wildman–Crippen LogP) is 2.57. The summed E-state index contributed by atoms with van der Waals surface area (Å²) in [5.41, 5.74) is 19.3. The minimum atomic E-state index is -3.63. The number of halogens is 1. The standard InChI is InChI=1S/C9H24N4O4S2.2C3H6O2.2C2H7N3.4C2H6.2CH4.2B.HI/c1-7-10(3)18(14,15)12(5)9-13(6)19(16,17)11(4)8-2;2*1-3(4)5-2;2*1-5-2(3)4;4*1-2;;;;;/h7-9H2,1-6H3;2*1-2H3;2*1H3,(H4,3,4,5);4*1-2H3;2*1H4;;;1H. The van der Waals surface area contributed by atoms with E-state index in [-0.39, 0.29) is 86.2 Å². The number of hydrogen-bond donors (Lipinski definition) is 4. The molecule has 0 bridgehead atoms. The Hall–Kier alpha value is -1.92. The van der Waals surface area contributed by atoms with Gasteiger partial charge in [0.15, 0.2) is 11.9 Å². The van der Waals surface area contributed by atoms with Gasteiger partial charge in [-0.2, -0.15) is 34.1 Å². The highest BCUT2D eigenvalue weighted by atomic mass is 127. The third kappa shape index (κ3) is 73.5. The van der Waals surface area contributed by atoms with Gasteiger partial charge in [-0.15, -0.1) is 24.0 Å². The first-order valence-electron chi connectivity index (χ1n) is 15.0. The molecule has 8 N–H and O–H groups in total. The molecule has 0 saturated carbocycles. The number of carbonyl (C=O) groups is 2. The number of methoxy groups -OCH3 is 2. The first-order chi connectivity index (χ1) is 21.6. The van der Waals surface area contributed by atoms with Crippen LogP contribution in [0.15, 0.2) is 9.98 Å². The van der Waals surface area contributed by atoms with Gasteiger partial charge in [0.25, 0.3) is 20.4 Å². The first kappa shape index (κ1) is 92.7. The van der Waals surface area contributed by atoms with Crippen molar-refractivity contribution in [2.45, 2.75) is 97.9 Å². The highest BCUT2D eigenvalue weighted by Gasteiger charge is 2.29. The molecule has 23 heteroatoms. The summed E-state index contributed by atoms with van der Waals surface area (Å²) >= 11 is 0. The largest absolute Gasteiger partial charge is 0.469 e. The minimum Gasteiger partial charge on any atom is -0.469 e. The fourth-order valence-electron chi connectivity index (χ4n) is 1.23. The number of aliphatic imine (C=N–C) groups is 2. The molecule has 0 aliphatic heterocycles. The van der Waals surface area contributed by atoms with Gasteiger partial charge in [-0.25, -0.2) is 0 Å². The number of ether oxygens (including phenoxy) is 2. The van der Waals surface area contributed by atoms with Crippen molar-refractivity contribution in [2.24, 2.45) is 32.9 Å². The Kier molecular flexibility index (Phi) is 120. The van der Waals surface area contributed by atoms with Crippen molar-refractivity contribution >= 4 is 85.1 Å². The van der Waals surface area contributed by atoms with Gasteiger partial charge in [-0.05, 0) is 0 Å². The van der Waals surface area contributed by atoms with Crippen molar-refractivity contribution in [1.82, 2.24) is 17.2 Å². The summed E-state index contributed by atoms with van der Waals surface area (Å²) in [5, 5.41) is 0. The SMILES string of the molecule is C.C.CC.CC.CC.CC.CCN(C)S(=O)(=O)N(C)CN(C)S(=O)(=O)N(C)CC.CN=C(N)N.CN=C(N)N.COC(C)=O.COC(C)=O.I.[B].[B]. The molecule has 6 radical (unpaired) electrons. The Bertz CT molecular complexity index is 875. The Balaban J connectivity index is -0.0000000306. The molecule has 0 unspecified atom stereocenters. The lowest BCUT2D eigenvalue weighted by molar-refractivity contribution is -0.138. The van der Waals surface area contributed by atoms with Crippen LogP contribution in [0.25, 0.3) is 0 Å². The predicted molar refractivity (Wildman–Crippen MR) is 239 cm³/mol. The van der Waals surface area contributed by atoms with E-state index in [4.69, 9.17) is 22.9 Å². The lowest BCUT2D eigenvalue weighted by Crippen LogP contribution is -2.48. The van der Waals surface area contributed by atoms with Crippen LogP contribution >= 0.6 is 24.0 Å². The third-order valence-corrected chi connectivity index (χ3v) is 7.85. The smallest absolute Gasteiger partial charge is 0.302 e. The van der Waals surface area contributed by atoms with Crippen molar-refractivity contribution in [3.05, 3.63) is 0 Å². The Morgan fingerprint density at radius 2 is 0.692 bits per heavy atom. The number of hydrogen-bond acceptors (Lipinski definition) is 10. The summed E-state index contributed by atoms with van der Waals surface area (Å²) < 4.78 is 60.4. The van der Waals surface area contributed by atoms with Crippen molar-refractivity contribution in [3.8, 4) is 0 Å². The van der Waals surface area contributed by atoms with Crippen LogP contribution in [-0.2, 0) is 39.5 Å². The summed E-state index contributed by atoms with van der Waals surface area (Å²) in [6, 6.07) is 0. The van der Waals surface area contributed by atoms with E-state index < -0.39 is 20.4 Å². The van der Waals surface area contributed by atoms with Crippen LogP contribution in [0.2, 0.25) is 0 Å². The van der Waals surface area contributed by atoms with Crippen LogP contribution in [0.5, 0.6) is 0 Å². The van der Waals surface area contributed by atoms with E-state index in [1.165, 1.54) is 70.4 Å². The number of nitrogens with zero attached hydrogens (tertiary/aromatic N) is 6. The van der Waals surface area contributed by atoms with Crippen LogP contribution in [0.1, 0.15) is 97.9 Å². The number of nitrogens with two attached hydrogens (primary N) is 4. The average Bonchev–Trinajstić information content (AvgIpc) is 3.08. The number of rotatable bonds is 8. The molecular formula is C29H83B2IN10O8S2. The van der Waals surface area contributed by atoms with E-state index >= 15 is 0 Å². The van der Waals surface area contributed by atoms with Gasteiger partial charge in [0.05, 0.1) is 20.9 Å². The molecule has 322 valence electrons. The molecule has 52 heavy (non-hydrogen) atoms. The molecule has 0 aliphatic carbocycles. The van der Waals surface area contributed by atoms with E-state index in [0.717, 1.165) is 17.2 Å². The molecule has 0 aromatic rings. The maximum absolute atomic E-state index is 12.0. The van der Waals surface area contributed by atoms with E-state index in [1.54, 1.807) is 13.8 Å². The fraction of sp³-hybridized carbons (Fsp3) is 0.862. The molecule has 0 heterocycles. The van der Waals surface area contributed by atoms with Crippen LogP contribution in [0.4, 0.5) is 0 Å². The fourth-order valence-corrected chi connectivity index (χ4v) is 3.54. The number of esters is 2. The second kappa shape index (κ2) is 67.2. The zero-order valence-corrected chi connectivity index (χ0v) is 38.7. The van der Waals surface area contributed by atoms with Crippen molar-refractivity contribution < 1.29 is 35.9 Å². The van der Waals surface area contributed by atoms with Crippen molar-refractivity contribution in [3.63, 3.8) is 0 Å². The summed E-state index contributed by atoms with van der Waals surface area (Å²) in [6.45, 7) is 22.5. The van der Waals surface area contributed by atoms with Gasteiger partial charge in [-0.1, -0.05) is 84.1 Å². The molecule has 0 amide bonds. The molecule has 18 nitrogen and oxygen atoms in total. The first-order valence-corrected chi connectivity index (χ1v) is 17.8. The van der Waals surface area contributed by atoms with Gasteiger partial charge < -0.3 is 32.4 Å². The summed E-state index contributed by atoms with van der Waals surface area (Å²) in [5.74, 6) is -0.231. The third-order valence-electron chi connectivity index (χ3n) is 3.96. The van der Waals surface area contributed by atoms with Crippen LogP contribution < -0.4 is 22.9 Å². The zero-order chi connectivity index (χ0) is 40.6. The maximum atomic E-state index is 12.0. The van der Waals surface area contributed by atoms with E-state index in [1.807, 2.05) is 55.4 Å². The molecular weight excluding hydrogens is 829 g/mol. The van der Waals surface area contributed by atoms with Gasteiger partial charge in [0.1, 0.15) is 0 Å². The van der Waals surface area contributed by atoms with Gasteiger partial charge in [0, 0.05) is 86.0 Å². The molecule has 0 aliphatic rings. The molecule has 0 aromatic heterocycles. The Labute approximate surface area is 343 Å². The second-order valence-corrected chi connectivity index (χ2v) is 11.2. The molecule has 0 saturated heterocycles. The van der Waals surface area contributed by atoms with E-state index in [2.05, 4.69) is 19.5 Å². The number of carbonyl (C=O) groups excluding carboxylic acids is 2.